The standard InChI is InChI=1S/C32H39FN4O2S/c1-21(2)25-9-6-10-26(22(3)4)30(25)34-32(39)36-16-14-35(15-17-36)29(38)20-37-13-11-28-27(12-18-40-28)31(37)23-7-5-8-24(33)19-23/h5-10,12,18-19,21-22,31H,11,13-17,20H2,1-4H3,(H,34,39)/t31-/m0/s1. The van der Waals surface area contributed by atoms with Gasteiger partial charge in [-0.1, -0.05) is 58.0 Å². The number of amides is 3. The molecule has 6 nitrogen and oxygen atoms in total. The van der Waals surface area contributed by atoms with Gasteiger partial charge >= 0.3 is 6.03 Å². The Balaban J connectivity index is 1.23. The Kier molecular flexibility index (Phi) is 8.57. The van der Waals surface area contributed by atoms with Gasteiger partial charge in [-0.15, -0.1) is 11.3 Å². The molecule has 3 heterocycles. The van der Waals surface area contributed by atoms with E-state index < -0.39 is 0 Å². The van der Waals surface area contributed by atoms with E-state index in [1.165, 1.54) is 16.5 Å². The van der Waals surface area contributed by atoms with Gasteiger partial charge in [0.05, 0.1) is 12.6 Å². The number of piperazine rings is 1. The second kappa shape index (κ2) is 12.1. The number of anilines is 1. The molecule has 3 aromatic rings. The Morgan fingerprint density at radius 2 is 1.57 bits per heavy atom. The third kappa shape index (κ3) is 5.93. The van der Waals surface area contributed by atoms with E-state index in [1.807, 2.05) is 11.0 Å². The molecule has 40 heavy (non-hydrogen) atoms. The van der Waals surface area contributed by atoms with Crippen molar-refractivity contribution in [2.75, 3.05) is 44.6 Å². The van der Waals surface area contributed by atoms with E-state index in [2.05, 4.69) is 67.6 Å². The fourth-order valence-electron chi connectivity index (χ4n) is 5.92. The summed E-state index contributed by atoms with van der Waals surface area (Å²) in [4.78, 5) is 33.9. The summed E-state index contributed by atoms with van der Waals surface area (Å²) in [7, 11) is 0. The second-order valence-electron chi connectivity index (χ2n) is 11.4. The molecule has 1 N–H and O–H groups in total. The SMILES string of the molecule is CC(C)c1cccc(C(C)C)c1NC(=O)N1CCN(C(=O)CN2CCc3sccc3[C@@H]2c2cccc(F)c2)CC1. The average molecular weight is 563 g/mol. The Hall–Kier alpha value is -3.23. The molecule has 1 fully saturated rings. The highest BCUT2D eigenvalue weighted by Gasteiger charge is 2.33. The zero-order chi connectivity index (χ0) is 28.4. The Labute approximate surface area is 240 Å². The summed E-state index contributed by atoms with van der Waals surface area (Å²) in [5.74, 6) is 0.365. The predicted molar refractivity (Wildman–Crippen MR) is 160 cm³/mol. The lowest BCUT2D eigenvalue weighted by molar-refractivity contribution is -0.134. The van der Waals surface area contributed by atoms with Crippen LogP contribution in [0.5, 0.6) is 0 Å². The molecule has 2 aliphatic heterocycles. The normalized spacial score (nSPS) is 17.8. The van der Waals surface area contributed by atoms with Gasteiger partial charge in [0.15, 0.2) is 0 Å². The Morgan fingerprint density at radius 1 is 0.925 bits per heavy atom. The molecule has 1 atom stereocenters. The summed E-state index contributed by atoms with van der Waals surface area (Å²) >= 11 is 1.73. The minimum atomic E-state index is -0.267. The molecule has 0 radical (unpaired) electrons. The number of hydrogen-bond donors (Lipinski definition) is 1. The van der Waals surface area contributed by atoms with Gasteiger partial charge in [-0.05, 0) is 64.1 Å². The van der Waals surface area contributed by atoms with Crippen molar-refractivity contribution in [1.29, 1.82) is 0 Å². The lowest BCUT2D eigenvalue weighted by atomic mass is 9.93. The number of hydrogen-bond acceptors (Lipinski definition) is 4. The maximum atomic E-state index is 14.1. The minimum absolute atomic E-state index is 0.0485. The predicted octanol–water partition coefficient (Wildman–Crippen LogP) is 6.46. The van der Waals surface area contributed by atoms with Crippen molar-refractivity contribution < 1.29 is 14.0 Å². The molecule has 212 valence electrons. The van der Waals surface area contributed by atoms with Crippen LogP contribution in [0.4, 0.5) is 14.9 Å². The number of halogens is 1. The summed E-state index contributed by atoms with van der Waals surface area (Å²) in [6, 6.07) is 14.8. The van der Waals surface area contributed by atoms with Crippen molar-refractivity contribution in [2.24, 2.45) is 0 Å². The van der Waals surface area contributed by atoms with Crippen LogP contribution in [0.1, 0.15) is 72.7 Å². The van der Waals surface area contributed by atoms with Crippen molar-refractivity contribution in [3.8, 4) is 0 Å². The molecule has 5 rings (SSSR count). The van der Waals surface area contributed by atoms with Gasteiger partial charge in [-0.3, -0.25) is 9.69 Å². The highest BCUT2D eigenvalue weighted by atomic mass is 32.1. The molecule has 0 saturated carbocycles. The van der Waals surface area contributed by atoms with Crippen molar-refractivity contribution >= 4 is 29.0 Å². The molecule has 2 aliphatic rings. The van der Waals surface area contributed by atoms with Crippen LogP contribution >= 0.6 is 11.3 Å². The first-order valence-electron chi connectivity index (χ1n) is 14.2. The van der Waals surface area contributed by atoms with E-state index in [1.54, 1.807) is 28.4 Å². The summed E-state index contributed by atoms with van der Waals surface area (Å²) in [5, 5.41) is 5.28. The van der Waals surface area contributed by atoms with Crippen LogP contribution in [-0.2, 0) is 11.2 Å². The quantitative estimate of drug-likeness (QED) is 0.375. The first kappa shape index (κ1) is 28.3. The van der Waals surface area contributed by atoms with Gasteiger partial charge in [0.1, 0.15) is 5.82 Å². The Bertz CT molecular complexity index is 1340. The van der Waals surface area contributed by atoms with E-state index in [9.17, 15) is 14.0 Å². The topological polar surface area (TPSA) is 55.9 Å². The molecule has 0 aliphatic carbocycles. The largest absolute Gasteiger partial charge is 0.338 e. The number of nitrogens with one attached hydrogen (secondary N) is 1. The van der Waals surface area contributed by atoms with Crippen molar-refractivity contribution in [3.63, 3.8) is 0 Å². The first-order valence-corrected chi connectivity index (χ1v) is 15.1. The molecular weight excluding hydrogens is 523 g/mol. The number of para-hydroxylation sites is 1. The maximum absolute atomic E-state index is 14.1. The van der Waals surface area contributed by atoms with E-state index in [4.69, 9.17) is 0 Å². The fourth-order valence-corrected chi connectivity index (χ4v) is 6.82. The third-order valence-corrected chi connectivity index (χ3v) is 9.09. The lowest BCUT2D eigenvalue weighted by Gasteiger charge is -2.39. The average Bonchev–Trinajstić information content (AvgIpc) is 3.41. The highest BCUT2D eigenvalue weighted by molar-refractivity contribution is 7.10. The van der Waals surface area contributed by atoms with E-state index in [-0.39, 0.29) is 30.3 Å². The molecule has 3 amide bonds. The van der Waals surface area contributed by atoms with E-state index in [0.717, 1.165) is 35.3 Å². The zero-order valence-electron chi connectivity index (χ0n) is 23.8. The third-order valence-electron chi connectivity index (χ3n) is 8.09. The van der Waals surface area contributed by atoms with Gasteiger partial charge < -0.3 is 15.1 Å². The van der Waals surface area contributed by atoms with Gasteiger partial charge in [0.25, 0.3) is 0 Å². The molecular formula is C32H39FN4O2S. The second-order valence-corrected chi connectivity index (χ2v) is 12.4. The zero-order valence-corrected chi connectivity index (χ0v) is 24.6. The number of benzene rings is 2. The number of fused-ring (bicyclic) bond motifs is 1. The number of urea groups is 1. The smallest absolute Gasteiger partial charge is 0.321 e. The van der Waals surface area contributed by atoms with Crippen LogP contribution in [0, 0.1) is 5.82 Å². The van der Waals surface area contributed by atoms with Gasteiger partial charge in [-0.2, -0.15) is 0 Å². The van der Waals surface area contributed by atoms with Crippen molar-refractivity contribution in [1.82, 2.24) is 14.7 Å². The molecule has 8 heteroatoms. The van der Waals surface area contributed by atoms with Gasteiger partial charge in [0.2, 0.25) is 5.91 Å². The summed E-state index contributed by atoms with van der Waals surface area (Å²) in [6.07, 6.45) is 0.885. The maximum Gasteiger partial charge on any atom is 0.321 e. The Morgan fingerprint density at radius 3 is 2.23 bits per heavy atom. The number of carbonyl (C=O) groups is 2. The molecule has 2 aromatic carbocycles. The van der Waals surface area contributed by atoms with Crippen molar-refractivity contribution in [3.05, 3.63) is 86.9 Å². The monoisotopic (exact) mass is 562 g/mol. The van der Waals surface area contributed by atoms with Crippen molar-refractivity contribution in [2.45, 2.75) is 52.0 Å². The molecule has 0 spiro atoms. The number of carbonyl (C=O) groups excluding carboxylic acids is 2. The molecule has 1 aromatic heterocycles. The molecule has 1 saturated heterocycles. The lowest BCUT2D eigenvalue weighted by Crippen LogP contribution is -2.54. The van der Waals surface area contributed by atoms with Crippen LogP contribution in [0.15, 0.2) is 53.9 Å². The van der Waals surface area contributed by atoms with Gasteiger partial charge in [0, 0.05) is 43.3 Å². The molecule has 0 unspecified atom stereocenters. The van der Waals surface area contributed by atoms with Crippen LogP contribution in [-0.4, -0.2) is 65.9 Å². The van der Waals surface area contributed by atoms with Crippen LogP contribution in [0.2, 0.25) is 0 Å². The van der Waals surface area contributed by atoms with Gasteiger partial charge in [-0.25, -0.2) is 9.18 Å². The summed E-state index contributed by atoms with van der Waals surface area (Å²) in [6.45, 7) is 11.5. The first-order chi connectivity index (χ1) is 19.2. The molecule has 0 bridgehead atoms. The summed E-state index contributed by atoms with van der Waals surface area (Å²) < 4.78 is 14.1. The van der Waals surface area contributed by atoms with E-state index >= 15 is 0 Å². The number of thiophene rings is 1. The van der Waals surface area contributed by atoms with Crippen LogP contribution < -0.4 is 5.32 Å². The van der Waals surface area contributed by atoms with Crippen LogP contribution in [0.3, 0.4) is 0 Å². The van der Waals surface area contributed by atoms with E-state index in [0.29, 0.717) is 38.0 Å². The summed E-state index contributed by atoms with van der Waals surface area (Å²) in [5.41, 5.74) is 5.22. The fraction of sp³-hybridized carbons (Fsp3) is 0.438. The number of rotatable bonds is 6. The highest BCUT2D eigenvalue weighted by Crippen LogP contribution is 2.38. The van der Waals surface area contributed by atoms with Crippen LogP contribution in [0.25, 0.3) is 0 Å². The number of nitrogens with zero attached hydrogens (tertiary/aromatic N) is 3. The minimum Gasteiger partial charge on any atom is -0.338 e.